The summed E-state index contributed by atoms with van der Waals surface area (Å²) in [6, 6.07) is 0.159. The molecular formula is C11H19NO2. The summed E-state index contributed by atoms with van der Waals surface area (Å²) in [6.45, 7) is 5.07. The van der Waals surface area contributed by atoms with Crippen LogP contribution in [0.15, 0.2) is 0 Å². The molecule has 0 amide bonds. The first-order valence-electron chi connectivity index (χ1n) is 5.03. The summed E-state index contributed by atoms with van der Waals surface area (Å²) in [5, 5.41) is 3.21. The molecule has 1 unspecified atom stereocenters. The van der Waals surface area contributed by atoms with Crippen LogP contribution < -0.4 is 5.32 Å². The Hall–Kier alpha value is -1.01. The average molecular weight is 197 g/mol. The van der Waals surface area contributed by atoms with E-state index < -0.39 is 0 Å². The second-order valence-electron chi connectivity index (χ2n) is 3.17. The molecule has 0 saturated heterocycles. The van der Waals surface area contributed by atoms with Gasteiger partial charge in [-0.25, -0.2) is 0 Å². The molecule has 0 bridgehead atoms. The van der Waals surface area contributed by atoms with Crippen molar-refractivity contribution in [3.05, 3.63) is 0 Å². The molecule has 0 aliphatic rings. The molecule has 1 atom stereocenters. The summed E-state index contributed by atoms with van der Waals surface area (Å²) in [5.74, 6) is 2.42. The van der Waals surface area contributed by atoms with Crippen molar-refractivity contribution in [2.45, 2.75) is 39.2 Å². The van der Waals surface area contributed by atoms with E-state index >= 15 is 0 Å². The van der Waals surface area contributed by atoms with Crippen molar-refractivity contribution in [1.82, 2.24) is 5.32 Å². The number of hydrogen-bond donors (Lipinski definition) is 1. The molecule has 0 rings (SSSR count). The standard InChI is InChI=1S/C11H19NO2/c1-4-6-7-8-12-10(3)9-11(13)14-5-2/h1,10,12H,5-9H2,2-3H3. The predicted octanol–water partition coefficient (Wildman–Crippen LogP) is 1.33. The number of nitrogens with one attached hydrogen (secondary N) is 1. The lowest BCUT2D eigenvalue weighted by molar-refractivity contribution is -0.143. The third kappa shape index (κ3) is 7.63. The molecule has 0 heterocycles. The molecule has 0 aromatic heterocycles. The summed E-state index contributed by atoms with van der Waals surface area (Å²) >= 11 is 0. The minimum absolute atomic E-state index is 0.149. The van der Waals surface area contributed by atoms with Gasteiger partial charge in [0.1, 0.15) is 0 Å². The highest BCUT2D eigenvalue weighted by Crippen LogP contribution is 1.94. The zero-order valence-electron chi connectivity index (χ0n) is 9.01. The lowest BCUT2D eigenvalue weighted by Crippen LogP contribution is -2.29. The Morgan fingerprint density at radius 3 is 2.93 bits per heavy atom. The Bertz CT molecular complexity index is 196. The minimum Gasteiger partial charge on any atom is -0.466 e. The molecule has 80 valence electrons. The van der Waals surface area contributed by atoms with E-state index in [0.29, 0.717) is 13.0 Å². The van der Waals surface area contributed by atoms with Gasteiger partial charge in [-0.3, -0.25) is 4.79 Å². The first-order valence-corrected chi connectivity index (χ1v) is 5.03. The maximum atomic E-state index is 11.0. The predicted molar refractivity (Wildman–Crippen MR) is 56.8 cm³/mol. The van der Waals surface area contributed by atoms with Gasteiger partial charge in [0.2, 0.25) is 0 Å². The van der Waals surface area contributed by atoms with Crippen molar-refractivity contribution in [2.75, 3.05) is 13.2 Å². The van der Waals surface area contributed by atoms with Gasteiger partial charge in [0.25, 0.3) is 0 Å². The fourth-order valence-electron chi connectivity index (χ4n) is 1.08. The molecular weight excluding hydrogens is 178 g/mol. The smallest absolute Gasteiger partial charge is 0.307 e. The zero-order chi connectivity index (χ0) is 10.8. The van der Waals surface area contributed by atoms with E-state index in [9.17, 15) is 4.79 Å². The van der Waals surface area contributed by atoms with Gasteiger partial charge in [-0.1, -0.05) is 0 Å². The number of esters is 1. The Morgan fingerprint density at radius 1 is 1.64 bits per heavy atom. The van der Waals surface area contributed by atoms with E-state index in [1.165, 1.54) is 0 Å². The second-order valence-corrected chi connectivity index (χ2v) is 3.17. The molecule has 3 nitrogen and oxygen atoms in total. The number of ether oxygens (including phenoxy) is 1. The molecule has 0 aromatic carbocycles. The summed E-state index contributed by atoms with van der Waals surface area (Å²) in [4.78, 5) is 11.0. The van der Waals surface area contributed by atoms with E-state index in [1.807, 2.05) is 13.8 Å². The maximum absolute atomic E-state index is 11.0. The van der Waals surface area contributed by atoms with E-state index in [0.717, 1.165) is 19.4 Å². The average Bonchev–Trinajstić information content (AvgIpc) is 2.13. The molecule has 1 N–H and O–H groups in total. The first-order chi connectivity index (χ1) is 6.70. The van der Waals surface area contributed by atoms with Crippen LogP contribution in [0, 0.1) is 12.3 Å². The van der Waals surface area contributed by atoms with Gasteiger partial charge in [0, 0.05) is 12.5 Å². The summed E-state index contributed by atoms with van der Waals surface area (Å²) in [5.41, 5.74) is 0. The lowest BCUT2D eigenvalue weighted by Gasteiger charge is -2.11. The van der Waals surface area contributed by atoms with Crippen LogP contribution in [0.5, 0.6) is 0 Å². The first kappa shape index (κ1) is 13.0. The van der Waals surface area contributed by atoms with Crippen LogP contribution in [0.2, 0.25) is 0 Å². The molecule has 14 heavy (non-hydrogen) atoms. The van der Waals surface area contributed by atoms with Crippen molar-refractivity contribution in [3.63, 3.8) is 0 Å². The van der Waals surface area contributed by atoms with Crippen LogP contribution in [-0.4, -0.2) is 25.2 Å². The fraction of sp³-hybridized carbons (Fsp3) is 0.727. The van der Waals surface area contributed by atoms with E-state index in [2.05, 4.69) is 11.2 Å². The number of unbranched alkanes of at least 4 members (excludes halogenated alkanes) is 1. The van der Waals surface area contributed by atoms with Crippen molar-refractivity contribution in [3.8, 4) is 12.3 Å². The third-order valence-electron chi connectivity index (χ3n) is 1.77. The maximum Gasteiger partial charge on any atom is 0.307 e. The highest BCUT2D eigenvalue weighted by molar-refractivity contribution is 5.69. The van der Waals surface area contributed by atoms with Gasteiger partial charge in [-0.2, -0.15) is 0 Å². The van der Waals surface area contributed by atoms with Crippen LogP contribution in [-0.2, 0) is 9.53 Å². The molecule has 3 heteroatoms. The molecule has 0 aliphatic heterocycles. The topological polar surface area (TPSA) is 38.3 Å². The summed E-state index contributed by atoms with van der Waals surface area (Å²) in [6.07, 6.45) is 7.26. The van der Waals surface area contributed by atoms with Crippen LogP contribution in [0.25, 0.3) is 0 Å². The number of carbonyl (C=O) groups is 1. The summed E-state index contributed by atoms with van der Waals surface area (Å²) in [7, 11) is 0. The molecule has 0 aromatic rings. The monoisotopic (exact) mass is 197 g/mol. The molecule has 0 saturated carbocycles. The van der Waals surface area contributed by atoms with Crippen LogP contribution >= 0.6 is 0 Å². The minimum atomic E-state index is -0.149. The van der Waals surface area contributed by atoms with Crippen molar-refractivity contribution in [2.24, 2.45) is 0 Å². The van der Waals surface area contributed by atoms with E-state index in [4.69, 9.17) is 11.2 Å². The van der Waals surface area contributed by atoms with Crippen molar-refractivity contribution >= 4 is 5.97 Å². The highest BCUT2D eigenvalue weighted by atomic mass is 16.5. The van der Waals surface area contributed by atoms with Crippen LogP contribution in [0.3, 0.4) is 0 Å². The molecule has 0 spiro atoms. The summed E-state index contributed by atoms with van der Waals surface area (Å²) < 4.78 is 4.83. The van der Waals surface area contributed by atoms with Gasteiger partial charge in [-0.05, 0) is 26.8 Å². The van der Waals surface area contributed by atoms with Crippen LogP contribution in [0.1, 0.15) is 33.1 Å². The Balaban J connectivity index is 3.41. The van der Waals surface area contributed by atoms with Gasteiger partial charge < -0.3 is 10.1 Å². The SMILES string of the molecule is C#CCCCNC(C)CC(=O)OCC. The number of carbonyl (C=O) groups excluding carboxylic acids is 1. The van der Waals surface area contributed by atoms with Crippen molar-refractivity contribution < 1.29 is 9.53 Å². The second kappa shape index (κ2) is 8.58. The number of rotatable bonds is 7. The normalized spacial score (nSPS) is 11.8. The third-order valence-corrected chi connectivity index (χ3v) is 1.77. The molecule has 0 radical (unpaired) electrons. The van der Waals surface area contributed by atoms with Gasteiger partial charge >= 0.3 is 5.97 Å². The van der Waals surface area contributed by atoms with Gasteiger partial charge in [-0.15, -0.1) is 12.3 Å². The highest BCUT2D eigenvalue weighted by Gasteiger charge is 2.08. The Labute approximate surface area is 86.2 Å². The van der Waals surface area contributed by atoms with E-state index in [1.54, 1.807) is 0 Å². The Kier molecular flexibility index (Phi) is 7.96. The van der Waals surface area contributed by atoms with Crippen molar-refractivity contribution in [1.29, 1.82) is 0 Å². The van der Waals surface area contributed by atoms with Crippen LogP contribution in [0.4, 0.5) is 0 Å². The fourth-order valence-corrected chi connectivity index (χ4v) is 1.08. The number of terminal acetylenes is 1. The van der Waals surface area contributed by atoms with Gasteiger partial charge in [0.15, 0.2) is 0 Å². The zero-order valence-corrected chi connectivity index (χ0v) is 9.01. The number of hydrogen-bond acceptors (Lipinski definition) is 3. The largest absolute Gasteiger partial charge is 0.466 e. The quantitative estimate of drug-likeness (QED) is 0.380. The van der Waals surface area contributed by atoms with Gasteiger partial charge in [0.05, 0.1) is 13.0 Å². The van der Waals surface area contributed by atoms with E-state index in [-0.39, 0.29) is 12.0 Å². The molecule has 0 fully saturated rings. The Morgan fingerprint density at radius 2 is 2.36 bits per heavy atom. The lowest BCUT2D eigenvalue weighted by atomic mass is 10.2. The molecule has 0 aliphatic carbocycles.